The highest BCUT2D eigenvalue weighted by Crippen LogP contribution is 2.37. The summed E-state index contributed by atoms with van der Waals surface area (Å²) in [6, 6.07) is 0. The Morgan fingerprint density at radius 2 is 0.818 bits per heavy atom. The van der Waals surface area contributed by atoms with Crippen molar-refractivity contribution < 1.29 is 28.0 Å². The highest BCUT2D eigenvalue weighted by molar-refractivity contribution is 7.52. The molecule has 0 heterocycles. The summed E-state index contributed by atoms with van der Waals surface area (Å²) in [5.74, 6) is 0. The van der Waals surface area contributed by atoms with Gasteiger partial charge >= 0.3 is 15.2 Å². The summed E-state index contributed by atoms with van der Waals surface area (Å²) in [6.07, 6.45) is 10.8. The van der Waals surface area contributed by atoms with Crippen LogP contribution in [0.25, 0.3) is 0 Å². The molecule has 0 spiro atoms. The van der Waals surface area contributed by atoms with Crippen LogP contribution in [0.2, 0.25) is 0 Å². The van der Waals surface area contributed by atoms with E-state index in [1.165, 1.54) is 39.0 Å². The molecule has 8 heteroatoms. The Hall–Kier alpha value is 0.300. The van der Waals surface area contributed by atoms with Crippen molar-refractivity contribution in [3.63, 3.8) is 0 Å². The molecule has 0 radical (unpaired) electrons. The smallest absolute Gasteiger partial charge is 0.324 e. The summed E-state index contributed by atoms with van der Waals surface area (Å²) in [6.45, 7) is 3.16. The van der Waals surface area contributed by atoms with Crippen LogP contribution in [-0.4, -0.2) is 36.3 Å². The largest absolute Gasteiger partial charge is 0.325 e. The van der Waals surface area contributed by atoms with Crippen LogP contribution >= 0.6 is 15.2 Å². The molecule has 0 aliphatic rings. The van der Waals surface area contributed by atoms with Gasteiger partial charge in [-0.25, -0.2) is 0 Å². The first kappa shape index (κ1) is 22.3. The van der Waals surface area contributed by atoms with E-state index in [4.69, 9.17) is 18.8 Å². The molecule has 2 unspecified atom stereocenters. The molecule has 0 aromatic rings. The molecule has 2 atom stereocenters. The SMILES string of the molecule is CP(=O)(O)OCCCCCCCCCCCCOP(C)(=O)O. The summed E-state index contributed by atoms with van der Waals surface area (Å²) in [5, 5.41) is 0. The second-order valence-electron chi connectivity index (χ2n) is 5.81. The van der Waals surface area contributed by atoms with E-state index in [0.29, 0.717) is 13.2 Å². The van der Waals surface area contributed by atoms with E-state index in [9.17, 15) is 9.13 Å². The molecular weight excluding hydrogens is 326 g/mol. The monoisotopic (exact) mass is 358 g/mol. The average Bonchev–Trinajstić information content (AvgIpc) is 2.36. The molecule has 22 heavy (non-hydrogen) atoms. The van der Waals surface area contributed by atoms with Gasteiger partial charge in [0.05, 0.1) is 13.2 Å². The molecule has 0 saturated heterocycles. The van der Waals surface area contributed by atoms with Gasteiger partial charge < -0.3 is 18.8 Å². The number of rotatable bonds is 15. The Labute approximate surface area is 134 Å². The molecule has 0 aliphatic carbocycles. The minimum absolute atomic E-state index is 0.366. The molecule has 134 valence electrons. The minimum atomic E-state index is -3.30. The molecule has 0 fully saturated rings. The van der Waals surface area contributed by atoms with Crippen LogP contribution in [-0.2, 0) is 18.2 Å². The molecular formula is C14H32O6P2. The molecule has 0 aromatic carbocycles. The van der Waals surface area contributed by atoms with Crippen molar-refractivity contribution in [1.82, 2.24) is 0 Å². The van der Waals surface area contributed by atoms with Crippen molar-refractivity contribution in [2.75, 3.05) is 26.5 Å². The van der Waals surface area contributed by atoms with E-state index in [-0.39, 0.29) is 0 Å². The maximum absolute atomic E-state index is 10.9. The van der Waals surface area contributed by atoms with Crippen molar-refractivity contribution in [2.45, 2.75) is 64.2 Å². The Kier molecular flexibility index (Phi) is 12.9. The summed E-state index contributed by atoms with van der Waals surface area (Å²) in [5.41, 5.74) is 0. The third-order valence-corrected chi connectivity index (χ3v) is 4.52. The minimum Gasteiger partial charge on any atom is -0.324 e. The fourth-order valence-corrected chi connectivity index (χ4v) is 3.02. The zero-order valence-corrected chi connectivity index (χ0v) is 15.7. The van der Waals surface area contributed by atoms with Crippen LogP contribution in [0, 0.1) is 0 Å². The van der Waals surface area contributed by atoms with Crippen LogP contribution in [0.15, 0.2) is 0 Å². The molecule has 6 nitrogen and oxygen atoms in total. The van der Waals surface area contributed by atoms with Crippen LogP contribution in [0.1, 0.15) is 64.2 Å². The first-order valence-electron chi connectivity index (χ1n) is 8.10. The highest BCUT2D eigenvalue weighted by Gasteiger charge is 2.09. The van der Waals surface area contributed by atoms with Crippen LogP contribution in [0.3, 0.4) is 0 Å². The van der Waals surface area contributed by atoms with Crippen LogP contribution in [0.5, 0.6) is 0 Å². The predicted molar refractivity (Wildman–Crippen MR) is 89.6 cm³/mol. The second-order valence-corrected chi connectivity index (χ2v) is 9.54. The van der Waals surface area contributed by atoms with E-state index in [2.05, 4.69) is 0 Å². The summed E-state index contributed by atoms with van der Waals surface area (Å²) in [7, 11) is -6.59. The Morgan fingerprint density at radius 3 is 1.05 bits per heavy atom. The summed E-state index contributed by atoms with van der Waals surface area (Å²) >= 11 is 0. The van der Waals surface area contributed by atoms with Crippen molar-refractivity contribution in [3.8, 4) is 0 Å². The van der Waals surface area contributed by atoms with Gasteiger partial charge in [0, 0.05) is 13.3 Å². The Balaban J connectivity index is 3.12. The van der Waals surface area contributed by atoms with Crippen LogP contribution < -0.4 is 0 Å². The third kappa shape index (κ3) is 20.3. The van der Waals surface area contributed by atoms with Gasteiger partial charge in [-0.3, -0.25) is 9.13 Å². The fourth-order valence-electron chi connectivity index (χ4n) is 2.09. The lowest BCUT2D eigenvalue weighted by Gasteiger charge is -2.07. The normalized spacial score (nSPS) is 17.1. The average molecular weight is 358 g/mol. The van der Waals surface area contributed by atoms with Gasteiger partial charge in [-0.15, -0.1) is 0 Å². The fraction of sp³-hybridized carbons (Fsp3) is 1.00. The van der Waals surface area contributed by atoms with Gasteiger partial charge in [-0.2, -0.15) is 0 Å². The Bertz CT molecular complexity index is 315. The van der Waals surface area contributed by atoms with Gasteiger partial charge in [0.1, 0.15) is 0 Å². The van der Waals surface area contributed by atoms with E-state index in [1.807, 2.05) is 0 Å². The predicted octanol–water partition coefficient (Wildman–Crippen LogP) is 4.55. The maximum atomic E-state index is 10.9. The number of unbranched alkanes of at least 4 members (excludes halogenated alkanes) is 9. The molecule has 0 aliphatic heterocycles. The Morgan fingerprint density at radius 1 is 0.591 bits per heavy atom. The third-order valence-electron chi connectivity index (χ3n) is 3.20. The molecule has 0 rings (SSSR count). The zero-order valence-electron chi connectivity index (χ0n) is 13.9. The van der Waals surface area contributed by atoms with Gasteiger partial charge in [-0.05, 0) is 12.8 Å². The van der Waals surface area contributed by atoms with Crippen molar-refractivity contribution in [1.29, 1.82) is 0 Å². The summed E-state index contributed by atoms with van der Waals surface area (Å²) < 4.78 is 31.3. The van der Waals surface area contributed by atoms with Gasteiger partial charge in [0.25, 0.3) is 0 Å². The first-order chi connectivity index (χ1) is 10.2. The molecule has 2 N–H and O–H groups in total. The van der Waals surface area contributed by atoms with Crippen molar-refractivity contribution >= 4 is 15.2 Å². The number of hydrogen-bond donors (Lipinski definition) is 2. The molecule has 0 bridgehead atoms. The van der Waals surface area contributed by atoms with Crippen molar-refractivity contribution in [3.05, 3.63) is 0 Å². The van der Waals surface area contributed by atoms with E-state index in [0.717, 1.165) is 38.5 Å². The second kappa shape index (κ2) is 12.7. The molecule has 0 aromatic heterocycles. The lowest BCUT2D eigenvalue weighted by atomic mass is 10.1. The first-order valence-corrected chi connectivity index (χ1v) is 12.2. The van der Waals surface area contributed by atoms with Crippen LogP contribution in [0.4, 0.5) is 0 Å². The van der Waals surface area contributed by atoms with E-state index >= 15 is 0 Å². The zero-order chi connectivity index (χ0) is 16.9. The van der Waals surface area contributed by atoms with E-state index in [1.54, 1.807) is 0 Å². The van der Waals surface area contributed by atoms with Gasteiger partial charge in [0.2, 0.25) is 0 Å². The van der Waals surface area contributed by atoms with Crippen molar-refractivity contribution in [2.24, 2.45) is 0 Å². The lowest BCUT2D eigenvalue weighted by molar-refractivity contribution is 0.255. The molecule has 0 amide bonds. The standard InChI is InChI=1S/C14H32O6P2/c1-21(15,16)19-13-11-9-7-5-3-4-6-8-10-12-14-20-22(2,17)18/h3-14H2,1-2H3,(H,15,16)(H,17,18). The van der Waals surface area contributed by atoms with Gasteiger partial charge in [-0.1, -0.05) is 51.4 Å². The quantitative estimate of drug-likeness (QED) is 0.329. The molecule has 0 saturated carbocycles. The summed E-state index contributed by atoms with van der Waals surface area (Å²) in [4.78, 5) is 17.9. The maximum Gasteiger partial charge on any atom is 0.325 e. The highest BCUT2D eigenvalue weighted by atomic mass is 31.2. The van der Waals surface area contributed by atoms with E-state index < -0.39 is 15.2 Å². The topological polar surface area (TPSA) is 93.1 Å². The number of hydrogen-bond acceptors (Lipinski definition) is 4. The van der Waals surface area contributed by atoms with Gasteiger partial charge in [0.15, 0.2) is 0 Å². The lowest BCUT2D eigenvalue weighted by Crippen LogP contribution is -1.92.